The van der Waals surface area contributed by atoms with Gasteiger partial charge in [0.2, 0.25) is 0 Å². The van der Waals surface area contributed by atoms with Crippen LogP contribution in [0.3, 0.4) is 0 Å². The van der Waals surface area contributed by atoms with Crippen LogP contribution in [0.15, 0.2) is 57.4 Å². The average Bonchev–Trinajstić information content (AvgIpc) is 3.26. The molecule has 3 aromatic rings. The summed E-state index contributed by atoms with van der Waals surface area (Å²) in [4.78, 5) is 2.18. The molecule has 2 aromatic heterocycles. The smallest absolute Gasteiger partial charge is 0.198 e. The van der Waals surface area contributed by atoms with Crippen molar-refractivity contribution >= 4 is 11.8 Å². The van der Waals surface area contributed by atoms with Gasteiger partial charge in [-0.05, 0) is 54.6 Å². The first-order chi connectivity index (χ1) is 13.1. The van der Waals surface area contributed by atoms with Gasteiger partial charge in [-0.1, -0.05) is 12.1 Å². The molecule has 1 aromatic carbocycles. The van der Waals surface area contributed by atoms with Crippen LogP contribution in [0, 0.1) is 5.82 Å². The lowest BCUT2D eigenvalue weighted by molar-refractivity contribution is 0.0442. The number of β-amino-alcohol motifs (C(OH)–C–C–N with tert-alkyl or cyclic N) is 1. The second-order valence-electron chi connectivity index (χ2n) is 6.80. The molecular weight excluding hydrogens is 367 g/mol. The quantitative estimate of drug-likeness (QED) is 0.725. The number of aliphatic hydroxyl groups excluding tert-OH is 1. The Morgan fingerprint density at radius 3 is 2.78 bits per heavy atom. The van der Waals surface area contributed by atoms with Crippen LogP contribution in [0.4, 0.5) is 4.39 Å². The highest BCUT2D eigenvalue weighted by molar-refractivity contribution is 7.99. The number of aromatic nitrogens is 3. The minimum absolute atomic E-state index is 0.0421. The molecule has 142 valence electrons. The summed E-state index contributed by atoms with van der Waals surface area (Å²) < 4.78 is 20.8. The van der Waals surface area contributed by atoms with Gasteiger partial charge < -0.3 is 14.1 Å². The molecule has 3 heterocycles. The summed E-state index contributed by atoms with van der Waals surface area (Å²) in [5, 5.41) is 20.0. The minimum Gasteiger partial charge on any atom is -0.453 e. The molecule has 6 nitrogen and oxygen atoms in total. The fraction of sp³-hybridized carbons (Fsp3) is 0.368. The molecule has 1 aliphatic heterocycles. The molecular formula is C19H21FN4O2S. The predicted molar refractivity (Wildman–Crippen MR) is 98.9 cm³/mol. The van der Waals surface area contributed by atoms with Gasteiger partial charge in [0, 0.05) is 19.5 Å². The van der Waals surface area contributed by atoms with Gasteiger partial charge in [0.05, 0.1) is 12.6 Å². The maximum absolute atomic E-state index is 13.1. The highest BCUT2D eigenvalue weighted by Crippen LogP contribution is 2.31. The van der Waals surface area contributed by atoms with E-state index in [0.717, 1.165) is 34.5 Å². The predicted octanol–water partition coefficient (Wildman–Crippen LogP) is 3.05. The summed E-state index contributed by atoms with van der Waals surface area (Å²) >= 11 is 1.43. The number of aryl methyl sites for hydroxylation is 1. The Morgan fingerprint density at radius 2 is 2.07 bits per heavy atom. The van der Waals surface area contributed by atoms with E-state index in [1.165, 1.54) is 23.9 Å². The Morgan fingerprint density at radius 1 is 1.26 bits per heavy atom. The molecule has 1 fully saturated rings. The van der Waals surface area contributed by atoms with Gasteiger partial charge in [0.25, 0.3) is 0 Å². The van der Waals surface area contributed by atoms with Gasteiger partial charge in [0.1, 0.15) is 17.9 Å². The number of aliphatic hydroxyl groups is 1. The molecule has 0 spiro atoms. The summed E-state index contributed by atoms with van der Waals surface area (Å²) in [5.41, 5.74) is 0.990. The lowest BCUT2D eigenvalue weighted by Crippen LogP contribution is -2.42. The summed E-state index contributed by atoms with van der Waals surface area (Å²) in [5.74, 6) is 0.645. The molecule has 2 atom stereocenters. The number of furan rings is 1. The van der Waals surface area contributed by atoms with E-state index in [-0.39, 0.29) is 11.7 Å². The number of piperidine rings is 1. The van der Waals surface area contributed by atoms with E-state index in [4.69, 9.17) is 4.42 Å². The first-order valence-electron chi connectivity index (χ1n) is 8.85. The SMILES string of the molecule is Cn1cnnc1Sc1ccc(CN2CC[C@H](c3ccc(F)cc3)[C@@H](O)C2)o1. The van der Waals surface area contributed by atoms with Crippen LogP contribution in [-0.4, -0.2) is 44.0 Å². The van der Waals surface area contributed by atoms with Crippen LogP contribution in [0.1, 0.15) is 23.7 Å². The summed E-state index contributed by atoms with van der Waals surface area (Å²) in [6.07, 6.45) is 2.00. The molecule has 1 N–H and O–H groups in total. The van der Waals surface area contributed by atoms with E-state index < -0.39 is 6.10 Å². The van der Waals surface area contributed by atoms with Crippen molar-refractivity contribution in [2.75, 3.05) is 13.1 Å². The first kappa shape index (κ1) is 18.2. The molecule has 0 radical (unpaired) electrons. The van der Waals surface area contributed by atoms with Crippen molar-refractivity contribution in [2.24, 2.45) is 7.05 Å². The number of benzene rings is 1. The number of hydrogen-bond donors (Lipinski definition) is 1. The first-order valence-corrected chi connectivity index (χ1v) is 9.66. The van der Waals surface area contributed by atoms with Crippen LogP contribution in [0.5, 0.6) is 0 Å². The van der Waals surface area contributed by atoms with Gasteiger partial charge in [-0.2, -0.15) is 0 Å². The van der Waals surface area contributed by atoms with E-state index in [9.17, 15) is 9.50 Å². The molecule has 1 saturated heterocycles. The van der Waals surface area contributed by atoms with Gasteiger partial charge in [-0.3, -0.25) is 4.90 Å². The zero-order valence-corrected chi connectivity index (χ0v) is 15.8. The third kappa shape index (κ3) is 4.23. The normalized spacial score (nSPS) is 20.9. The second kappa shape index (κ2) is 7.84. The van der Waals surface area contributed by atoms with Gasteiger partial charge in [-0.15, -0.1) is 10.2 Å². The topological polar surface area (TPSA) is 67.3 Å². The summed E-state index contributed by atoms with van der Waals surface area (Å²) in [6, 6.07) is 10.3. The third-order valence-electron chi connectivity index (χ3n) is 4.84. The maximum Gasteiger partial charge on any atom is 0.198 e. The molecule has 0 saturated carbocycles. The zero-order valence-electron chi connectivity index (χ0n) is 15.0. The number of rotatable bonds is 5. The van der Waals surface area contributed by atoms with E-state index >= 15 is 0 Å². The molecule has 0 unspecified atom stereocenters. The van der Waals surface area contributed by atoms with E-state index in [0.29, 0.717) is 13.1 Å². The largest absolute Gasteiger partial charge is 0.453 e. The molecule has 1 aliphatic rings. The van der Waals surface area contributed by atoms with Crippen molar-refractivity contribution < 1.29 is 13.9 Å². The molecule has 4 rings (SSSR count). The maximum atomic E-state index is 13.1. The van der Waals surface area contributed by atoms with E-state index in [2.05, 4.69) is 15.1 Å². The molecule has 8 heteroatoms. The van der Waals surface area contributed by atoms with Crippen LogP contribution >= 0.6 is 11.8 Å². The highest BCUT2D eigenvalue weighted by Gasteiger charge is 2.29. The summed E-state index contributed by atoms with van der Waals surface area (Å²) in [6.45, 7) is 2.06. The number of halogens is 1. The number of hydrogen-bond acceptors (Lipinski definition) is 6. The van der Waals surface area contributed by atoms with Gasteiger partial charge in [-0.25, -0.2) is 4.39 Å². The lowest BCUT2D eigenvalue weighted by Gasteiger charge is -2.35. The van der Waals surface area contributed by atoms with Crippen molar-refractivity contribution in [3.63, 3.8) is 0 Å². The number of nitrogens with zero attached hydrogens (tertiary/aromatic N) is 4. The number of likely N-dealkylation sites (tertiary alicyclic amines) is 1. The fourth-order valence-corrected chi connectivity index (χ4v) is 4.16. The van der Waals surface area contributed by atoms with Crippen molar-refractivity contribution in [1.29, 1.82) is 0 Å². The van der Waals surface area contributed by atoms with E-state index in [1.807, 2.05) is 23.7 Å². The van der Waals surface area contributed by atoms with Crippen molar-refractivity contribution in [3.05, 3.63) is 59.9 Å². The van der Waals surface area contributed by atoms with Crippen LogP contribution in [0.25, 0.3) is 0 Å². The van der Waals surface area contributed by atoms with Crippen LogP contribution in [0.2, 0.25) is 0 Å². The van der Waals surface area contributed by atoms with Crippen LogP contribution in [-0.2, 0) is 13.6 Å². The van der Waals surface area contributed by atoms with Crippen LogP contribution < -0.4 is 0 Å². The van der Waals surface area contributed by atoms with Crippen molar-refractivity contribution in [3.8, 4) is 0 Å². The van der Waals surface area contributed by atoms with Gasteiger partial charge >= 0.3 is 0 Å². The molecule has 27 heavy (non-hydrogen) atoms. The Bertz CT molecular complexity index is 895. The Balaban J connectivity index is 1.35. The highest BCUT2D eigenvalue weighted by atomic mass is 32.2. The monoisotopic (exact) mass is 388 g/mol. The molecule has 0 bridgehead atoms. The third-order valence-corrected chi connectivity index (χ3v) is 5.82. The standard InChI is InChI=1S/C19H21FN4O2S/c1-23-12-21-22-19(23)27-18-7-6-15(26-18)10-24-9-8-16(17(25)11-24)13-2-4-14(20)5-3-13/h2-7,12,16-17,25H,8-11H2,1H3/t16-,17+/m1/s1. The molecule has 0 aliphatic carbocycles. The Kier molecular flexibility index (Phi) is 5.29. The van der Waals surface area contributed by atoms with Crippen molar-refractivity contribution in [1.82, 2.24) is 19.7 Å². The zero-order chi connectivity index (χ0) is 18.8. The van der Waals surface area contributed by atoms with E-state index in [1.54, 1.807) is 18.5 Å². The van der Waals surface area contributed by atoms with Crippen molar-refractivity contribution in [2.45, 2.75) is 35.2 Å². The fourth-order valence-electron chi connectivity index (χ4n) is 3.41. The minimum atomic E-state index is -0.480. The molecule has 0 amide bonds. The second-order valence-corrected chi connectivity index (χ2v) is 7.77. The summed E-state index contributed by atoms with van der Waals surface area (Å²) in [7, 11) is 1.89. The van der Waals surface area contributed by atoms with Gasteiger partial charge in [0.15, 0.2) is 10.2 Å². The Labute approximate surface area is 161 Å². The Hall–Kier alpha value is -2.16. The average molecular weight is 388 g/mol. The lowest BCUT2D eigenvalue weighted by atomic mass is 9.87.